The van der Waals surface area contributed by atoms with Crippen LogP contribution < -0.4 is 10.6 Å². The highest BCUT2D eigenvalue weighted by Gasteiger charge is 2.32. The van der Waals surface area contributed by atoms with E-state index in [4.69, 9.17) is 5.73 Å². The van der Waals surface area contributed by atoms with E-state index >= 15 is 0 Å². The molecule has 0 aliphatic carbocycles. The van der Waals surface area contributed by atoms with Crippen molar-refractivity contribution in [3.8, 4) is 0 Å². The molecule has 0 aromatic carbocycles. The Bertz CT molecular complexity index is 813. The maximum Gasteiger partial charge on any atom is 0.224 e. The van der Waals surface area contributed by atoms with Gasteiger partial charge in [0, 0.05) is 20.1 Å². The first-order chi connectivity index (χ1) is 9.78. The van der Waals surface area contributed by atoms with E-state index in [1.165, 1.54) is 0 Å². The second kappa shape index (κ2) is 4.55. The molecular formula is C12H18N6O2S. The van der Waals surface area contributed by atoms with Gasteiger partial charge in [-0.2, -0.15) is 9.97 Å². The van der Waals surface area contributed by atoms with E-state index in [0.29, 0.717) is 23.4 Å². The summed E-state index contributed by atoms with van der Waals surface area (Å²) in [5.74, 6) is 1.91. The predicted octanol–water partition coefficient (Wildman–Crippen LogP) is -0.123. The summed E-state index contributed by atoms with van der Waals surface area (Å²) in [5, 5.41) is 0. The molecule has 0 radical (unpaired) electrons. The van der Waals surface area contributed by atoms with Gasteiger partial charge in [0.1, 0.15) is 5.82 Å². The lowest BCUT2D eigenvalue weighted by Gasteiger charge is -2.24. The minimum absolute atomic E-state index is 0.102. The fourth-order valence-corrected chi connectivity index (χ4v) is 4.45. The summed E-state index contributed by atoms with van der Waals surface area (Å²) in [4.78, 5) is 14.8. The molecule has 2 N–H and O–H groups in total. The molecular weight excluding hydrogens is 292 g/mol. The maximum atomic E-state index is 11.7. The fraction of sp³-hybridized carbons (Fsp3) is 0.583. The molecule has 2 aromatic rings. The van der Waals surface area contributed by atoms with Gasteiger partial charge in [-0.15, -0.1) is 0 Å². The highest BCUT2D eigenvalue weighted by Crippen LogP contribution is 2.28. The number of aryl methyl sites for hydroxylation is 2. The molecule has 1 atom stereocenters. The van der Waals surface area contributed by atoms with Gasteiger partial charge in [0.15, 0.2) is 26.8 Å². The number of sulfone groups is 1. The minimum Gasteiger partial charge on any atom is -0.368 e. The second-order valence-corrected chi connectivity index (χ2v) is 7.69. The van der Waals surface area contributed by atoms with E-state index in [0.717, 1.165) is 5.82 Å². The number of anilines is 2. The van der Waals surface area contributed by atoms with E-state index in [9.17, 15) is 8.42 Å². The van der Waals surface area contributed by atoms with Crippen LogP contribution in [0.3, 0.4) is 0 Å². The first kappa shape index (κ1) is 14.1. The topological polar surface area (TPSA) is 107 Å². The normalized spacial score (nSPS) is 21.0. The van der Waals surface area contributed by atoms with Crippen LogP contribution in [0.2, 0.25) is 0 Å². The molecule has 3 rings (SSSR count). The number of nitrogen functional groups attached to an aromatic ring is 1. The maximum absolute atomic E-state index is 11.7. The zero-order valence-electron chi connectivity index (χ0n) is 12.2. The van der Waals surface area contributed by atoms with Crippen LogP contribution in [0.4, 0.5) is 11.8 Å². The summed E-state index contributed by atoms with van der Waals surface area (Å²) >= 11 is 0. The van der Waals surface area contributed by atoms with Crippen LogP contribution in [0, 0.1) is 6.92 Å². The number of rotatable bonds is 2. The Kier molecular flexibility index (Phi) is 3.05. The Morgan fingerprint density at radius 2 is 2.05 bits per heavy atom. The van der Waals surface area contributed by atoms with Crippen molar-refractivity contribution in [3.63, 3.8) is 0 Å². The van der Waals surface area contributed by atoms with Gasteiger partial charge >= 0.3 is 0 Å². The summed E-state index contributed by atoms with van der Waals surface area (Å²) in [5.41, 5.74) is 7.09. The van der Waals surface area contributed by atoms with Crippen molar-refractivity contribution in [1.82, 2.24) is 19.5 Å². The number of hydrogen-bond acceptors (Lipinski definition) is 7. The Morgan fingerprint density at radius 1 is 1.33 bits per heavy atom. The van der Waals surface area contributed by atoms with Crippen molar-refractivity contribution in [3.05, 3.63) is 5.82 Å². The number of hydrogen-bond donors (Lipinski definition) is 1. The van der Waals surface area contributed by atoms with Crippen LogP contribution >= 0.6 is 0 Å². The van der Waals surface area contributed by atoms with Crippen LogP contribution in [0.5, 0.6) is 0 Å². The molecule has 1 aliphatic rings. The largest absolute Gasteiger partial charge is 0.368 e. The van der Waals surface area contributed by atoms with Gasteiger partial charge in [-0.25, -0.2) is 13.4 Å². The van der Waals surface area contributed by atoms with Gasteiger partial charge in [-0.1, -0.05) is 0 Å². The zero-order chi connectivity index (χ0) is 15.4. The molecule has 2 aromatic heterocycles. The lowest BCUT2D eigenvalue weighted by Crippen LogP contribution is -2.33. The molecule has 1 aliphatic heterocycles. The van der Waals surface area contributed by atoms with Crippen molar-refractivity contribution >= 4 is 32.8 Å². The molecule has 0 spiro atoms. The summed E-state index contributed by atoms with van der Waals surface area (Å²) in [7, 11) is 0.735. The number of fused-ring (bicyclic) bond motifs is 1. The van der Waals surface area contributed by atoms with Gasteiger partial charge in [0.25, 0.3) is 0 Å². The molecule has 1 saturated heterocycles. The van der Waals surface area contributed by atoms with Crippen molar-refractivity contribution in [2.75, 3.05) is 29.2 Å². The molecule has 0 unspecified atom stereocenters. The molecule has 0 bridgehead atoms. The summed E-state index contributed by atoms with van der Waals surface area (Å²) in [6, 6.07) is -0.102. The van der Waals surface area contributed by atoms with E-state index in [2.05, 4.69) is 15.0 Å². The summed E-state index contributed by atoms with van der Waals surface area (Å²) in [6.07, 6.45) is 0.593. The van der Waals surface area contributed by atoms with Crippen LogP contribution in [-0.2, 0) is 16.9 Å². The third kappa shape index (κ3) is 2.31. The van der Waals surface area contributed by atoms with Crippen molar-refractivity contribution < 1.29 is 8.42 Å². The fourth-order valence-electron chi connectivity index (χ4n) is 2.67. The highest BCUT2D eigenvalue weighted by atomic mass is 32.2. The number of nitrogens with two attached hydrogens (primary N) is 1. The number of aromatic nitrogens is 4. The lowest BCUT2D eigenvalue weighted by atomic mass is 10.2. The Labute approximate surface area is 122 Å². The quantitative estimate of drug-likeness (QED) is 0.823. The van der Waals surface area contributed by atoms with Crippen LogP contribution in [-0.4, -0.2) is 52.5 Å². The average molecular weight is 310 g/mol. The second-order valence-electron chi connectivity index (χ2n) is 5.46. The van der Waals surface area contributed by atoms with Gasteiger partial charge < -0.3 is 15.2 Å². The SMILES string of the molecule is Cc1nc2c(N(C)[C@H]3CCS(=O)(=O)C3)nc(N)nc2n1C. The van der Waals surface area contributed by atoms with Crippen LogP contribution in [0.1, 0.15) is 12.2 Å². The van der Waals surface area contributed by atoms with Gasteiger partial charge in [-0.3, -0.25) is 0 Å². The molecule has 9 heteroatoms. The standard InChI is InChI=1S/C12H18N6O2S/c1-7-14-9-10(17(7)2)15-12(13)16-11(9)18(3)8-4-5-21(19,20)6-8/h8H,4-6H2,1-3H3,(H2,13,15,16)/t8-/m0/s1. The summed E-state index contributed by atoms with van der Waals surface area (Å²) < 4.78 is 25.2. The van der Waals surface area contributed by atoms with E-state index in [1.807, 2.05) is 30.5 Å². The third-order valence-corrected chi connectivity index (χ3v) is 5.78. The van der Waals surface area contributed by atoms with Gasteiger partial charge in [0.05, 0.1) is 11.5 Å². The Morgan fingerprint density at radius 3 is 2.67 bits per heavy atom. The van der Waals surface area contributed by atoms with E-state index in [-0.39, 0.29) is 23.5 Å². The first-order valence-corrected chi connectivity index (χ1v) is 8.50. The molecule has 3 heterocycles. The smallest absolute Gasteiger partial charge is 0.224 e. The van der Waals surface area contributed by atoms with Crippen molar-refractivity contribution in [1.29, 1.82) is 0 Å². The van der Waals surface area contributed by atoms with Gasteiger partial charge in [0.2, 0.25) is 5.95 Å². The molecule has 0 saturated carbocycles. The van der Waals surface area contributed by atoms with E-state index < -0.39 is 9.84 Å². The number of nitrogens with zero attached hydrogens (tertiary/aromatic N) is 5. The van der Waals surface area contributed by atoms with Crippen molar-refractivity contribution in [2.45, 2.75) is 19.4 Å². The average Bonchev–Trinajstić information content (AvgIpc) is 2.90. The lowest BCUT2D eigenvalue weighted by molar-refractivity contribution is 0.600. The molecule has 21 heavy (non-hydrogen) atoms. The van der Waals surface area contributed by atoms with Crippen LogP contribution in [0.25, 0.3) is 11.2 Å². The van der Waals surface area contributed by atoms with E-state index in [1.54, 1.807) is 0 Å². The Balaban J connectivity index is 2.10. The third-order valence-electron chi connectivity index (χ3n) is 4.03. The monoisotopic (exact) mass is 310 g/mol. The Hall–Kier alpha value is -1.90. The predicted molar refractivity (Wildman–Crippen MR) is 80.9 cm³/mol. The van der Waals surface area contributed by atoms with Crippen molar-refractivity contribution in [2.24, 2.45) is 7.05 Å². The molecule has 1 fully saturated rings. The number of imidazole rings is 1. The van der Waals surface area contributed by atoms with Crippen LogP contribution in [0.15, 0.2) is 0 Å². The first-order valence-electron chi connectivity index (χ1n) is 6.68. The molecule has 0 amide bonds. The van der Waals surface area contributed by atoms with Gasteiger partial charge in [-0.05, 0) is 13.3 Å². The highest BCUT2D eigenvalue weighted by molar-refractivity contribution is 7.91. The summed E-state index contributed by atoms with van der Waals surface area (Å²) in [6.45, 7) is 1.88. The minimum atomic E-state index is -2.96. The molecule has 8 nitrogen and oxygen atoms in total. The molecule has 114 valence electrons. The zero-order valence-corrected chi connectivity index (χ0v) is 13.1.